The molecule has 1 aliphatic rings. The summed E-state index contributed by atoms with van der Waals surface area (Å²) in [4.78, 5) is 13.1. The van der Waals surface area contributed by atoms with Gasteiger partial charge in [0.05, 0.1) is 18.8 Å². The van der Waals surface area contributed by atoms with Crippen LogP contribution in [0.2, 0.25) is 0 Å². The fraction of sp³-hybridized carbons (Fsp3) is 0.464. The summed E-state index contributed by atoms with van der Waals surface area (Å²) in [6, 6.07) is 11.7. The van der Waals surface area contributed by atoms with E-state index in [2.05, 4.69) is 44.7 Å². The minimum absolute atomic E-state index is 0.0790. The van der Waals surface area contributed by atoms with Crippen LogP contribution >= 0.6 is 11.8 Å². The van der Waals surface area contributed by atoms with Crippen molar-refractivity contribution in [3.05, 3.63) is 58.7 Å². The molecule has 1 aliphatic heterocycles. The molecule has 0 saturated carbocycles. The Morgan fingerprint density at radius 1 is 1.09 bits per heavy atom. The Kier molecular flexibility index (Phi) is 8.70. The molecule has 0 saturated heterocycles. The first-order chi connectivity index (χ1) is 15.4. The van der Waals surface area contributed by atoms with Crippen molar-refractivity contribution in [2.45, 2.75) is 70.1 Å². The SMILES string of the molecule is CCCCCCSc1cc2c(cc1C#Cc1ccc(C(=O)OCC)cc1)C(C)(C)CCO2. The fourth-order valence-corrected chi connectivity index (χ4v) is 4.76. The largest absolute Gasteiger partial charge is 0.493 e. The van der Waals surface area contributed by atoms with Crippen molar-refractivity contribution >= 4 is 17.7 Å². The van der Waals surface area contributed by atoms with Gasteiger partial charge in [-0.25, -0.2) is 4.79 Å². The van der Waals surface area contributed by atoms with E-state index in [1.165, 1.54) is 36.1 Å². The Morgan fingerprint density at radius 2 is 1.88 bits per heavy atom. The smallest absolute Gasteiger partial charge is 0.338 e. The standard InChI is InChI=1S/C28H34O3S/c1-5-7-8-9-18-32-26-20-25-24(28(3,4)16-17-31-25)19-23(26)15-12-21-10-13-22(14-11-21)27(29)30-6-2/h10-11,13-14,19-20H,5-9,16-18H2,1-4H3. The Labute approximate surface area is 197 Å². The second kappa shape index (κ2) is 11.5. The van der Waals surface area contributed by atoms with Gasteiger partial charge in [0.2, 0.25) is 0 Å². The Morgan fingerprint density at radius 3 is 2.59 bits per heavy atom. The molecule has 0 bridgehead atoms. The summed E-state index contributed by atoms with van der Waals surface area (Å²) in [6.45, 7) is 9.73. The Balaban J connectivity index is 1.86. The molecule has 0 N–H and O–H groups in total. The molecule has 0 unspecified atom stereocenters. The monoisotopic (exact) mass is 450 g/mol. The fourth-order valence-electron chi connectivity index (χ4n) is 3.73. The molecule has 0 fully saturated rings. The molecule has 3 rings (SSSR count). The van der Waals surface area contributed by atoms with Crippen LogP contribution in [0, 0.1) is 11.8 Å². The van der Waals surface area contributed by atoms with Crippen molar-refractivity contribution in [3.8, 4) is 17.6 Å². The summed E-state index contributed by atoms with van der Waals surface area (Å²) in [5, 5.41) is 0. The molecule has 2 aromatic rings. The van der Waals surface area contributed by atoms with Crippen LogP contribution in [0.4, 0.5) is 0 Å². The van der Waals surface area contributed by atoms with Crippen LogP contribution in [0.15, 0.2) is 41.3 Å². The van der Waals surface area contributed by atoms with Crippen molar-refractivity contribution in [2.24, 2.45) is 0 Å². The lowest BCUT2D eigenvalue weighted by atomic mass is 9.79. The highest BCUT2D eigenvalue weighted by Crippen LogP contribution is 2.41. The summed E-state index contributed by atoms with van der Waals surface area (Å²) in [5.74, 6) is 8.48. The van der Waals surface area contributed by atoms with Gasteiger partial charge in [-0.1, -0.05) is 51.9 Å². The normalized spacial score (nSPS) is 14.0. The van der Waals surface area contributed by atoms with Crippen LogP contribution in [0.25, 0.3) is 0 Å². The number of unbranched alkanes of at least 4 members (excludes halogenated alkanes) is 3. The molecule has 2 aromatic carbocycles. The van der Waals surface area contributed by atoms with E-state index in [4.69, 9.17) is 9.47 Å². The molecular weight excluding hydrogens is 416 g/mol. The van der Waals surface area contributed by atoms with Crippen molar-refractivity contribution in [1.82, 2.24) is 0 Å². The molecule has 3 nitrogen and oxygen atoms in total. The van der Waals surface area contributed by atoms with Gasteiger partial charge in [0.1, 0.15) is 5.75 Å². The summed E-state index contributed by atoms with van der Waals surface area (Å²) < 4.78 is 11.1. The third-order valence-corrected chi connectivity index (χ3v) is 6.93. The molecule has 0 aromatic heterocycles. The zero-order valence-electron chi connectivity index (χ0n) is 19.8. The molecule has 170 valence electrons. The molecule has 1 heterocycles. The minimum Gasteiger partial charge on any atom is -0.493 e. The molecule has 0 amide bonds. The van der Waals surface area contributed by atoms with Gasteiger partial charge in [-0.15, -0.1) is 11.8 Å². The van der Waals surface area contributed by atoms with Gasteiger partial charge in [0.25, 0.3) is 0 Å². The lowest BCUT2D eigenvalue weighted by molar-refractivity contribution is 0.0526. The van der Waals surface area contributed by atoms with Gasteiger partial charge in [0, 0.05) is 21.6 Å². The van der Waals surface area contributed by atoms with Gasteiger partial charge >= 0.3 is 5.97 Å². The summed E-state index contributed by atoms with van der Waals surface area (Å²) in [6.07, 6.45) is 6.02. The maximum absolute atomic E-state index is 11.9. The maximum atomic E-state index is 11.9. The van der Waals surface area contributed by atoms with Crippen molar-refractivity contribution in [3.63, 3.8) is 0 Å². The number of ether oxygens (including phenoxy) is 2. The molecule has 0 radical (unpaired) electrons. The maximum Gasteiger partial charge on any atom is 0.338 e. The van der Waals surface area contributed by atoms with Gasteiger partial charge in [-0.05, 0) is 67.3 Å². The topological polar surface area (TPSA) is 35.5 Å². The number of benzene rings is 2. The number of carbonyl (C=O) groups is 1. The van der Waals surface area contributed by atoms with Crippen LogP contribution in [0.1, 0.15) is 86.8 Å². The predicted molar refractivity (Wildman–Crippen MR) is 133 cm³/mol. The first kappa shape index (κ1) is 24.3. The van der Waals surface area contributed by atoms with E-state index in [0.29, 0.717) is 12.2 Å². The number of hydrogen-bond acceptors (Lipinski definition) is 4. The number of hydrogen-bond donors (Lipinski definition) is 0. The van der Waals surface area contributed by atoms with E-state index in [9.17, 15) is 4.79 Å². The highest BCUT2D eigenvalue weighted by molar-refractivity contribution is 7.99. The predicted octanol–water partition coefficient (Wildman–Crippen LogP) is 7.00. The Hall–Kier alpha value is -2.38. The molecular formula is C28H34O3S. The van der Waals surface area contributed by atoms with E-state index in [-0.39, 0.29) is 11.4 Å². The quantitative estimate of drug-likeness (QED) is 0.188. The number of thioether (sulfide) groups is 1. The molecule has 0 atom stereocenters. The van der Waals surface area contributed by atoms with Crippen LogP contribution < -0.4 is 4.74 Å². The van der Waals surface area contributed by atoms with Gasteiger partial charge in [-0.2, -0.15) is 0 Å². The summed E-state index contributed by atoms with van der Waals surface area (Å²) in [7, 11) is 0. The molecule has 0 aliphatic carbocycles. The van der Waals surface area contributed by atoms with E-state index in [0.717, 1.165) is 35.7 Å². The zero-order valence-corrected chi connectivity index (χ0v) is 20.6. The number of esters is 1. The van der Waals surface area contributed by atoms with Crippen LogP contribution in [0.5, 0.6) is 5.75 Å². The molecule has 0 spiro atoms. The van der Waals surface area contributed by atoms with Crippen LogP contribution in [0.3, 0.4) is 0 Å². The first-order valence-corrected chi connectivity index (χ1v) is 12.7. The lowest BCUT2D eigenvalue weighted by Crippen LogP contribution is -2.26. The van der Waals surface area contributed by atoms with Crippen molar-refractivity contribution < 1.29 is 14.3 Å². The Bertz CT molecular complexity index is 980. The number of rotatable bonds is 8. The van der Waals surface area contributed by atoms with Gasteiger partial charge in [0.15, 0.2) is 0 Å². The summed E-state index contributed by atoms with van der Waals surface area (Å²) in [5.41, 5.74) is 3.80. The second-order valence-electron chi connectivity index (χ2n) is 8.78. The van der Waals surface area contributed by atoms with Crippen molar-refractivity contribution in [2.75, 3.05) is 19.0 Å². The molecule has 4 heteroatoms. The average Bonchev–Trinajstić information content (AvgIpc) is 2.78. The zero-order chi connectivity index (χ0) is 23.0. The third-order valence-electron chi connectivity index (χ3n) is 5.79. The second-order valence-corrected chi connectivity index (χ2v) is 9.92. The van der Waals surface area contributed by atoms with Gasteiger partial charge in [-0.3, -0.25) is 0 Å². The van der Waals surface area contributed by atoms with E-state index in [1.807, 2.05) is 30.8 Å². The highest BCUT2D eigenvalue weighted by Gasteiger charge is 2.29. The summed E-state index contributed by atoms with van der Waals surface area (Å²) >= 11 is 1.87. The van der Waals surface area contributed by atoms with Crippen LogP contribution in [-0.2, 0) is 10.2 Å². The number of carbonyl (C=O) groups excluding carboxylic acids is 1. The van der Waals surface area contributed by atoms with Crippen LogP contribution in [-0.4, -0.2) is 24.9 Å². The highest BCUT2D eigenvalue weighted by atomic mass is 32.2. The number of fused-ring (bicyclic) bond motifs is 1. The first-order valence-electron chi connectivity index (χ1n) is 11.7. The minimum atomic E-state index is -0.300. The lowest BCUT2D eigenvalue weighted by Gasteiger charge is -2.33. The molecule has 32 heavy (non-hydrogen) atoms. The van der Waals surface area contributed by atoms with Crippen molar-refractivity contribution in [1.29, 1.82) is 0 Å². The van der Waals surface area contributed by atoms with Gasteiger partial charge < -0.3 is 9.47 Å². The van der Waals surface area contributed by atoms with E-state index >= 15 is 0 Å². The van der Waals surface area contributed by atoms with E-state index in [1.54, 1.807) is 12.1 Å². The van der Waals surface area contributed by atoms with E-state index < -0.39 is 0 Å². The third kappa shape index (κ3) is 6.33. The average molecular weight is 451 g/mol.